The molecule has 2 aromatic rings. The van der Waals surface area contributed by atoms with Gasteiger partial charge >= 0.3 is 5.91 Å². The van der Waals surface area contributed by atoms with Crippen LogP contribution in [0.5, 0.6) is 0 Å². The van der Waals surface area contributed by atoms with Gasteiger partial charge in [-0.2, -0.15) is 0 Å². The van der Waals surface area contributed by atoms with E-state index >= 15 is 0 Å². The van der Waals surface area contributed by atoms with E-state index in [-0.39, 0.29) is 23.8 Å². The molecule has 0 bridgehead atoms. The smallest absolute Gasteiger partial charge is 0.308 e. The number of carbonyl (C=O) groups is 2. The molecular formula is C27H28IN3O3. The van der Waals surface area contributed by atoms with Crippen LogP contribution in [0.2, 0.25) is 0 Å². The molecule has 2 fully saturated rings. The lowest BCUT2D eigenvalue weighted by molar-refractivity contribution is -0.112. The summed E-state index contributed by atoms with van der Waals surface area (Å²) in [6.45, 7) is 5.30. The van der Waals surface area contributed by atoms with Gasteiger partial charge < -0.3 is 9.64 Å². The van der Waals surface area contributed by atoms with E-state index in [0.29, 0.717) is 30.6 Å². The molecule has 7 heteroatoms. The number of carbonyl (C=O) groups excluding carboxylic acids is 2. The van der Waals surface area contributed by atoms with Crippen LogP contribution < -0.4 is 4.90 Å². The number of ether oxygens (including phenoxy) is 1. The highest BCUT2D eigenvalue weighted by molar-refractivity contribution is 14.1. The minimum Gasteiger partial charge on any atom is -0.378 e. The Morgan fingerprint density at radius 3 is 2.79 bits per heavy atom. The van der Waals surface area contributed by atoms with Gasteiger partial charge in [0, 0.05) is 35.3 Å². The zero-order chi connectivity index (χ0) is 24.0. The SMILES string of the molecule is Cc1cc(N(C(=O)C#CC2CCOC(C)C2)c2ccc3c(n2)C(=O)N(C)C3)c(C2CC2)cc1I. The maximum absolute atomic E-state index is 13.7. The third-order valence-electron chi connectivity index (χ3n) is 6.79. The van der Waals surface area contributed by atoms with Crippen LogP contribution in [0.1, 0.15) is 65.7 Å². The van der Waals surface area contributed by atoms with Crippen LogP contribution in [-0.2, 0) is 16.1 Å². The van der Waals surface area contributed by atoms with Crippen molar-refractivity contribution < 1.29 is 14.3 Å². The number of hydrogen-bond donors (Lipinski definition) is 0. The molecular weight excluding hydrogens is 541 g/mol. The highest BCUT2D eigenvalue weighted by Crippen LogP contribution is 2.46. The molecule has 1 aliphatic carbocycles. The predicted molar refractivity (Wildman–Crippen MR) is 139 cm³/mol. The molecule has 0 spiro atoms. The monoisotopic (exact) mass is 569 g/mol. The number of halogens is 1. The summed E-state index contributed by atoms with van der Waals surface area (Å²) in [5, 5.41) is 0. The van der Waals surface area contributed by atoms with Crippen molar-refractivity contribution in [3.05, 3.63) is 50.2 Å². The van der Waals surface area contributed by atoms with Crippen LogP contribution >= 0.6 is 22.6 Å². The van der Waals surface area contributed by atoms with E-state index in [4.69, 9.17) is 4.74 Å². The summed E-state index contributed by atoms with van der Waals surface area (Å²) in [4.78, 5) is 34.3. The number of benzene rings is 1. The summed E-state index contributed by atoms with van der Waals surface area (Å²) < 4.78 is 6.80. The molecule has 2 atom stereocenters. The van der Waals surface area contributed by atoms with Crippen molar-refractivity contribution in [2.75, 3.05) is 18.6 Å². The first-order chi connectivity index (χ1) is 16.3. The van der Waals surface area contributed by atoms with Crippen molar-refractivity contribution in [3.63, 3.8) is 0 Å². The number of nitrogens with zero attached hydrogens (tertiary/aromatic N) is 3. The highest BCUT2D eigenvalue weighted by Gasteiger charge is 2.33. The Morgan fingerprint density at radius 1 is 1.26 bits per heavy atom. The van der Waals surface area contributed by atoms with Gasteiger partial charge in [-0.15, -0.1) is 0 Å². The van der Waals surface area contributed by atoms with E-state index in [1.807, 2.05) is 26.0 Å². The highest BCUT2D eigenvalue weighted by atomic mass is 127. The number of fused-ring (bicyclic) bond motifs is 1. The Kier molecular flexibility index (Phi) is 6.38. The summed E-state index contributed by atoms with van der Waals surface area (Å²) >= 11 is 2.35. The molecule has 1 aromatic carbocycles. The zero-order valence-corrected chi connectivity index (χ0v) is 21.9. The van der Waals surface area contributed by atoms with Gasteiger partial charge in [0.15, 0.2) is 0 Å². The Labute approximate surface area is 214 Å². The van der Waals surface area contributed by atoms with Crippen molar-refractivity contribution >= 4 is 45.9 Å². The first kappa shape index (κ1) is 23.3. The van der Waals surface area contributed by atoms with Crippen molar-refractivity contribution in [2.45, 2.75) is 58.1 Å². The second kappa shape index (κ2) is 9.31. The lowest BCUT2D eigenvalue weighted by atomic mass is 9.97. The van der Waals surface area contributed by atoms with Gasteiger partial charge in [0.05, 0.1) is 11.8 Å². The molecule has 1 aromatic heterocycles. The third kappa shape index (κ3) is 4.58. The number of anilines is 2. The molecule has 3 heterocycles. The number of aromatic nitrogens is 1. The maximum Gasteiger partial charge on any atom is 0.308 e. The van der Waals surface area contributed by atoms with E-state index in [1.54, 1.807) is 16.8 Å². The van der Waals surface area contributed by atoms with Gasteiger partial charge in [0.25, 0.3) is 5.91 Å². The lowest BCUT2D eigenvalue weighted by Gasteiger charge is -2.25. The molecule has 6 nitrogen and oxygen atoms in total. The van der Waals surface area contributed by atoms with Crippen molar-refractivity contribution in [1.82, 2.24) is 9.88 Å². The van der Waals surface area contributed by atoms with E-state index in [2.05, 4.69) is 51.5 Å². The van der Waals surface area contributed by atoms with Crippen molar-refractivity contribution in [3.8, 4) is 11.8 Å². The van der Waals surface area contributed by atoms with Gasteiger partial charge in [-0.25, -0.2) is 4.98 Å². The molecule has 5 rings (SSSR count). The van der Waals surface area contributed by atoms with Gasteiger partial charge in [-0.05, 0) is 103 Å². The lowest BCUT2D eigenvalue weighted by Crippen LogP contribution is -2.28. The quantitative estimate of drug-likeness (QED) is 0.388. The van der Waals surface area contributed by atoms with Crippen LogP contribution in [0.4, 0.5) is 11.5 Å². The minimum absolute atomic E-state index is 0.118. The molecule has 2 aliphatic heterocycles. The van der Waals surface area contributed by atoms with E-state index in [0.717, 1.165) is 48.1 Å². The number of amides is 2. The second-order valence-electron chi connectivity index (χ2n) is 9.59. The first-order valence-electron chi connectivity index (χ1n) is 11.8. The normalized spacial score (nSPS) is 21.6. The Bertz CT molecular complexity index is 1230. The predicted octanol–water partition coefficient (Wildman–Crippen LogP) is 4.94. The largest absolute Gasteiger partial charge is 0.378 e. The second-order valence-corrected chi connectivity index (χ2v) is 10.7. The average molecular weight is 569 g/mol. The summed E-state index contributed by atoms with van der Waals surface area (Å²) in [5.41, 5.74) is 4.37. The molecule has 3 aliphatic rings. The molecule has 34 heavy (non-hydrogen) atoms. The van der Waals surface area contributed by atoms with Crippen LogP contribution in [0.3, 0.4) is 0 Å². The molecule has 0 N–H and O–H groups in total. The summed E-state index contributed by atoms with van der Waals surface area (Å²) in [7, 11) is 1.76. The number of aryl methyl sites for hydroxylation is 1. The fourth-order valence-corrected chi connectivity index (χ4v) is 5.20. The van der Waals surface area contributed by atoms with E-state index in [1.165, 1.54) is 3.57 Å². The molecule has 2 unspecified atom stereocenters. The number of pyridine rings is 1. The summed E-state index contributed by atoms with van der Waals surface area (Å²) in [6.07, 6.45) is 4.04. The summed E-state index contributed by atoms with van der Waals surface area (Å²) in [6, 6.07) is 7.99. The molecule has 1 saturated carbocycles. The molecule has 176 valence electrons. The van der Waals surface area contributed by atoms with Crippen LogP contribution in [-0.4, -0.2) is 41.5 Å². The zero-order valence-electron chi connectivity index (χ0n) is 19.7. The molecule has 2 amide bonds. The fraction of sp³-hybridized carbons (Fsp3) is 0.444. The van der Waals surface area contributed by atoms with E-state index in [9.17, 15) is 9.59 Å². The van der Waals surface area contributed by atoms with Crippen LogP contribution in [0.25, 0.3) is 0 Å². The number of rotatable bonds is 3. The Balaban J connectivity index is 1.58. The standard InChI is InChI=1S/C27H28IN3O3/c1-16-12-23(21(14-22(16)28)19-5-6-19)31(25(32)9-4-18-10-11-34-17(2)13-18)24-8-7-20-15-30(3)27(33)26(20)29-24/h7-8,12,14,17-19H,5-6,10-11,13,15H2,1-3H3. The van der Waals surface area contributed by atoms with Crippen molar-refractivity contribution in [2.24, 2.45) is 5.92 Å². The summed E-state index contributed by atoms with van der Waals surface area (Å²) in [5.74, 6) is 6.72. The third-order valence-corrected chi connectivity index (χ3v) is 7.95. The van der Waals surface area contributed by atoms with Gasteiger partial charge in [0.1, 0.15) is 11.5 Å². The van der Waals surface area contributed by atoms with Crippen molar-refractivity contribution in [1.29, 1.82) is 0 Å². The average Bonchev–Trinajstić information content (AvgIpc) is 3.61. The Hall–Kier alpha value is -2.44. The fourth-order valence-electron chi connectivity index (χ4n) is 4.71. The van der Waals surface area contributed by atoms with E-state index < -0.39 is 0 Å². The topological polar surface area (TPSA) is 62.7 Å². The van der Waals surface area contributed by atoms with Gasteiger partial charge in [-0.1, -0.05) is 12.0 Å². The Morgan fingerprint density at radius 2 is 2.06 bits per heavy atom. The minimum atomic E-state index is -0.312. The van der Waals surface area contributed by atoms with Crippen LogP contribution in [0.15, 0.2) is 24.3 Å². The molecule has 0 radical (unpaired) electrons. The van der Waals surface area contributed by atoms with Gasteiger partial charge in [-0.3, -0.25) is 14.5 Å². The maximum atomic E-state index is 13.7. The molecule has 1 saturated heterocycles. The van der Waals surface area contributed by atoms with Crippen LogP contribution in [0, 0.1) is 28.3 Å². The van der Waals surface area contributed by atoms with Gasteiger partial charge in [0.2, 0.25) is 0 Å². The first-order valence-corrected chi connectivity index (χ1v) is 12.9. The number of hydrogen-bond acceptors (Lipinski definition) is 4.